The largest absolute Gasteiger partial charge is 0.481 e. The minimum Gasteiger partial charge on any atom is -0.481 e. The van der Waals surface area contributed by atoms with Crippen molar-refractivity contribution >= 4 is 17.7 Å². The number of carbonyl (C=O) groups is 3. The fourth-order valence-corrected chi connectivity index (χ4v) is 1.52. The van der Waals surface area contributed by atoms with Crippen molar-refractivity contribution in [3.63, 3.8) is 0 Å². The van der Waals surface area contributed by atoms with Gasteiger partial charge in [-0.15, -0.1) is 0 Å². The molecule has 0 bridgehead atoms. The molecule has 72 valence electrons. The van der Waals surface area contributed by atoms with E-state index in [-0.39, 0.29) is 25.0 Å². The van der Waals surface area contributed by atoms with Crippen LogP contribution in [0.3, 0.4) is 0 Å². The Morgan fingerprint density at radius 3 is 1.77 bits per heavy atom. The maximum absolute atomic E-state index is 11.0. The van der Waals surface area contributed by atoms with E-state index in [0.717, 1.165) is 0 Å². The Labute approximate surface area is 74.4 Å². The van der Waals surface area contributed by atoms with E-state index in [0.29, 0.717) is 0 Å². The third kappa shape index (κ3) is 2.27. The fourth-order valence-electron chi connectivity index (χ4n) is 1.52. The molecular weight excluding hydrogens is 176 g/mol. The van der Waals surface area contributed by atoms with Gasteiger partial charge in [-0.05, 0) is 6.42 Å². The van der Waals surface area contributed by atoms with E-state index in [2.05, 4.69) is 0 Å². The van der Waals surface area contributed by atoms with Crippen molar-refractivity contribution in [3.05, 3.63) is 0 Å². The number of hydrogen-bond acceptors (Lipinski definition) is 3. The zero-order valence-corrected chi connectivity index (χ0v) is 6.90. The summed E-state index contributed by atoms with van der Waals surface area (Å²) in [6.45, 7) is 0. The number of aliphatic carboxylic acids is 2. The molecule has 0 aliphatic heterocycles. The first-order valence-electron chi connectivity index (χ1n) is 3.98. The molecule has 0 amide bonds. The Morgan fingerprint density at radius 2 is 1.46 bits per heavy atom. The van der Waals surface area contributed by atoms with Crippen LogP contribution in [-0.2, 0) is 14.4 Å². The molecule has 0 aromatic carbocycles. The quantitative estimate of drug-likeness (QED) is 0.640. The molecule has 0 spiro atoms. The van der Waals surface area contributed by atoms with Gasteiger partial charge in [0, 0.05) is 12.8 Å². The van der Waals surface area contributed by atoms with Crippen LogP contribution in [0.1, 0.15) is 19.3 Å². The first-order valence-corrected chi connectivity index (χ1v) is 3.98. The van der Waals surface area contributed by atoms with Gasteiger partial charge in [-0.25, -0.2) is 0 Å². The van der Waals surface area contributed by atoms with E-state index in [4.69, 9.17) is 10.2 Å². The van der Waals surface area contributed by atoms with Gasteiger partial charge in [0.05, 0.1) is 11.8 Å². The molecule has 1 rings (SSSR count). The minimum atomic E-state index is -1.08. The van der Waals surface area contributed by atoms with Gasteiger partial charge in [0.25, 0.3) is 0 Å². The molecule has 13 heavy (non-hydrogen) atoms. The van der Waals surface area contributed by atoms with E-state index in [1.165, 1.54) is 0 Å². The van der Waals surface area contributed by atoms with Gasteiger partial charge in [-0.1, -0.05) is 0 Å². The number of carboxylic acid groups (broad SMARTS) is 2. The lowest BCUT2D eigenvalue weighted by Gasteiger charge is -2.22. The molecule has 0 saturated heterocycles. The maximum Gasteiger partial charge on any atom is 0.306 e. The zero-order valence-electron chi connectivity index (χ0n) is 6.90. The lowest BCUT2D eigenvalue weighted by Crippen LogP contribution is -2.31. The van der Waals surface area contributed by atoms with E-state index in [1.807, 2.05) is 0 Å². The number of carboxylic acids is 2. The highest BCUT2D eigenvalue weighted by Gasteiger charge is 2.35. The summed E-state index contributed by atoms with van der Waals surface area (Å²) in [7, 11) is 0. The summed E-state index contributed by atoms with van der Waals surface area (Å²) >= 11 is 0. The summed E-state index contributed by atoms with van der Waals surface area (Å²) in [5.41, 5.74) is 0. The monoisotopic (exact) mass is 186 g/mol. The highest BCUT2D eigenvalue weighted by atomic mass is 16.4. The predicted octanol–water partition coefficient (Wildman–Crippen LogP) is 0.141. The molecule has 0 aromatic rings. The summed E-state index contributed by atoms with van der Waals surface area (Å²) in [5, 5.41) is 17.2. The molecule has 1 saturated carbocycles. The van der Waals surface area contributed by atoms with Crippen molar-refractivity contribution in [1.82, 2.24) is 0 Å². The van der Waals surface area contributed by atoms with Crippen molar-refractivity contribution in [3.8, 4) is 0 Å². The van der Waals surface area contributed by atoms with Gasteiger partial charge in [-0.2, -0.15) is 0 Å². The van der Waals surface area contributed by atoms with Crippen LogP contribution in [-0.4, -0.2) is 27.9 Å². The van der Waals surface area contributed by atoms with Crippen molar-refractivity contribution in [2.24, 2.45) is 11.8 Å². The molecule has 0 aromatic heterocycles. The third-order valence-corrected chi connectivity index (χ3v) is 2.22. The van der Waals surface area contributed by atoms with E-state index < -0.39 is 23.8 Å². The topological polar surface area (TPSA) is 91.7 Å². The Hall–Kier alpha value is -1.39. The van der Waals surface area contributed by atoms with Gasteiger partial charge in [-0.3, -0.25) is 14.4 Å². The summed E-state index contributed by atoms with van der Waals surface area (Å²) in [5.74, 6) is -4.07. The minimum absolute atomic E-state index is 0.0287. The maximum atomic E-state index is 11.0. The van der Waals surface area contributed by atoms with Crippen LogP contribution in [0, 0.1) is 11.8 Å². The number of hydrogen-bond donors (Lipinski definition) is 2. The van der Waals surface area contributed by atoms with Crippen LogP contribution < -0.4 is 0 Å². The van der Waals surface area contributed by atoms with Crippen LogP contribution >= 0.6 is 0 Å². The van der Waals surface area contributed by atoms with Crippen LogP contribution in [0.2, 0.25) is 0 Å². The van der Waals surface area contributed by atoms with Gasteiger partial charge in [0.15, 0.2) is 0 Å². The number of ketones is 1. The average molecular weight is 186 g/mol. The summed E-state index contributed by atoms with van der Waals surface area (Å²) in [4.78, 5) is 32.0. The molecule has 5 nitrogen and oxygen atoms in total. The van der Waals surface area contributed by atoms with Crippen molar-refractivity contribution in [2.45, 2.75) is 19.3 Å². The summed E-state index contributed by atoms with van der Waals surface area (Å²) < 4.78 is 0. The predicted molar refractivity (Wildman–Crippen MR) is 41.1 cm³/mol. The smallest absolute Gasteiger partial charge is 0.306 e. The summed E-state index contributed by atoms with van der Waals surface area (Å²) in [6, 6.07) is 0. The van der Waals surface area contributed by atoms with Crippen LogP contribution in [0.5, 0.6) is 0 Å². The third-order valence-electron chi connectivity index (χ3n) is 2.22. The lowest BCUT2D eigenvalue weighted by atomic mass is 9.81. The van der Waals surface area contributed by atoms with Crippen LogP contribution in [0.15, 0.2) is 0 Å². The van der Waals surface area contributed by atoms with Gasteiger partial charge in [0.2, 0.25) is 0 Å². The van der Waals surface area contributed by atoms with Gasteiger partial charge in [0.1, 0.15) is 5.78 Å². The molecule has 2 atom stereocenters. The van der Waals surface area contributed by atoms with E-state index >= 15 is 0 Å². The fraction of sp³-hybridized carbons (Fsp3) is 0.625. The normalized spacial score (nSPS) is 28.5. The van der Waals surface area contributed by atoms with Gasteiger partial charge < -0.3 is 10.2 Å². The molecule has 1 aliphatic carbocycles. The molecule has 1 fully saturated rings. The SMILES string of the molecule is O=C1C[C@@H](C(=O)O)C[C@H](C(=O)O)C1. The summed E-state index contributed by atoms with van der Waals surface area (Å²) in [6.07, 6.45) is 0.00856. The number of carbonyl (C=O) groups excluding carboxylic acids is 1. The van der Waals surface area contributed by atoms with Crippen molar-refractivity contribution < 1.29 is 24.6 Å². The second-order valence-corrected chi connectivity index (χ2v) is 3.25. The standard InChI is InChI=1S/C8H10O5/c9-6-2-4(7(10)11)1-5(3-6)8(12)13/h4-5H,1-3H2,(H,10,11)(H,12,13)/t4-,5-/m0/s1. The highest BCUT2D eigenvalue weighted by Crippen LogP contribution is 2.26. The highest BCUT2D eigenvalue weighted by molar-refractivity contribution is 5.89. The molecule has 5 heteroatoms. The average Bonchev–Trinajstić information content (AvgIpc) is 2.03. The van der Waals surface area contributed by atoms with Crippen molar-refractivity contribution in [2.75, 3.05) is 0 Å². The lowest BCUT2D eigenvalue weighted by molar-refractivity contribution is -0.151. The molecule has 0 unspecified atom stereocenters. The van der Waals surface area contributed by atoms with Crippen molar-refractivity contribution in [1.29, 1.82) is 0 Å². The second kappa shape index (κ2) is 3.55. The number of rotatable bonds is 2. The second-order valence-electron chi connectivity index (χ2n) is 3.25. The molecule has 2 N–H and O–H groups in total. The first-order chi connectivity index (χ1) is 6.00. The molecule has 0 radical (unpaired) electrons. The Balaban J connectivity index is 2.68. The number of Topliss-reactive ketones (excluding diaryl/α,β-unsaturated/α-hetero) is 1. The van der Waals surface area contributed by atoms with Crippen LogP contribution in [0.25, 0.3) is 0 Å². The first kappa shape index (κ1) is 9.70. The van der Waals surface area contributed by atoms with Gasteiger partial charge >= 0.3 is 11.9 Å². The van der Waals surface area contributed by atoms with E-state index in [1.54, 1.807) is 0 Å². The molecule has 0 heterocycles. The molecular formula is C8H10O5. The van der Waals surface area contributed by atoms with Crippen LogP contribution in [0.4, 0.5) is 0 Å². The molecule has 1 aliphatic rings. The Bertz CT molecular complexity index is 233. The Morgan fingerprint density at radius 1 is 1.08 bits per heavy atom. The Kier molecular flexibility index (Phi) is 2.65. The van der Waals surface area contributed by atoms with E-state index in [9.17, 15) is 14.4 Å². The zero-order chi connectivity index (χ0) is 10.0.